The number of ether oxygens (including phenoxy) is 2. The van der Waals surface area contributed by atoms with E-state index < -0.39 is 11.9 Å². The molecule has 2 amide bonds. The SMILES string of the molecule is COc1ccc(CC(C)CNC(=O)N(C)CC(C)C(=O)O)cc1OC. The van der Waals surface area contributed by atoms with Gasteiger partial charge in [0.25, 0.3) is 0 Å². The van der Waals surface area contributed by atoms with Crippen LogP contribution in [0.4, 0.5) is 4.79 Å². The molecule has 0 aromatic heterocycles. The van der Waals surface area contributed by atoms with Crippen molar-refractivity contribution >= 4 is 12.0 Å². The quantitative estimate of drug-likeness (QED) is 0.712. The highest BCUT2D eigenvalue weighted by molar-refractivity contribution is 5.75. The van der Waals surface area contributed by atoms with Gasteiger partial charge < -0.3 is 24.8 Å². The fourth-order valence-electron chi connectivity index (χ4n) is 2.45. The Kier molecular flexibility index (Phi) is 8.04. The van der Waals surface area contributed by atoms with Gasteiger partial charge in [0.05, 0.1) is 20.1 Å². The number of carboxylic acids is 1. The van der Waals surface area contributed by atoms with E-state index in [0.717, 1.165) is 12.0 Å². The number of aliphatic carboxylic acids is 1. The number of hydrogen-bond donors (Lipinski definition) is 2. The summed E-state index contributed by atoms with van der Waals surface area (Å²) in [6, 6.07) is 5.49. The van der Waals surface area contributed by atoms with Crippen molar-refractivity contribution < 1.29 is 24.2 Å². The minimum atomic E-state index is -0.915. The first kappa shape index (κ1) is 20.6. The lowest BCUT2D eigenvalue weighted by molar-refractivity contribution is -0.141. The number of rotatable bonds is 9. The Morgan fingerprint density at radius 3 is 2.40 bits per heavy atom. The van der Waals surface area contributed by atoms with Crippen LogP contribution in [0.1, 0.15) is 19.4 Å². The summed E-state index contributed by atoms with van der Waals surface area (Å²) in [7, 11) is 4.78. The number of urea groups is 1. The monoisotopic (exact) mass is 352 g/mol. The zero-order valence-electron chi connectivity index (χ0n) is 15.5. The van der Waals surface area contributed by atoms with E-state index in [2.05, 4.69) is 5.32 Å². The van der Waals surface area contributed by atoms with Crippen LogP contribution in [-0.4, -0.2) is 56.4 Å². The van der Waals surface area contributed by atoms with E-state index in [1.807, 2.05) is 25.1 Å². The third-order valence-electron chi connectivity index (χ3n) is 3.95. The summed E-state index contributed by atoms with van der Waals surface area (Å²) in [5, 5.41) is 11.7. The van der Waals surface area contributed by atoms with E-state index in [1.165, 1.54) is 4.90 Å². The van der Waals surface area contributed by atoms with Crippen LogP contribution in [0.5, 0.6) is 11.5 Å². The summed E-state index contributed by atoms with van der Waals surface area (Å²) >= 11 is 0. The van der Waals surface area contributed by atoms with Crippen molar-refractivity contribution in [2.45, 2.75) is 20.3 Å². The molecule has 2 N–H and O–H groups in total. The highest BCUT2D eigenvalue weighted by Gasteiger charge is 2.17. The van der Waals surface area contributed by atoms with Gasteiger partial charge >= 0.3 is 12.0 Å². The minimum Gasteiger partial charge on any atom is -0.493 e. The van der Waals surface area contributed by atoms with Crippen LogP contribution in [0.25, 0.3) is 0 Å². The smallest absolute Gasteiger partial charge is 0.317 e. The second-order valence-electron chi connectivity index (χ2n) is 6.30. The molecule has 0 aliphatic rings. The van der Waals surface area contributed by atoms with Gasteiger partial charge in [-0.1, -0.05) is 19.9 Å². The third-order valence-corrected chi connectivity index (χ3v) is 3.95. The van der Waals surface area contributed by atoms with Gasteiger partial charge in [-0.2, -0.15) is 0 Å². The summed E-state index contributed by atoms with van der Waals surface area (Å²) < 4.78 is 10.5. The summed E-state index contributed by atoms with van der Waals surface area (Å²) in [4.78, 5) is 24.3. The van der Waals surface area contributed by atoms with Gasteiger partial charge in [0.2, 0.25) is 0 Å². The van der Waals surface area contributed by atoms with Crippen LogP contribution in [0.15, 0.2) is 18.2 Å². The lowest BCUT2D eigenvalue weighted by Gasteiger charge is -2.21. The molecule has 140 valence electrons. The van der Waals surface area contributed by atoms with Crippen LogP contribution in [0.3, 0.4) is 0 Å². The largest absolute Gasteiger partial charge is 0.493 e. The van der Waals surface area contributed by atoms with Crippen molar-refractivity contribution in [1.29, 1.82) is 0 Å². The number of nitrogens with zero attached hydrogens (tertiary/aromatic N) is 1. The molecular formula is C18H28N2O5. The van der Waals surface area contributed by atoms with E-state index in [4.69, 9.17) is 14.6 Å². The maximum atomic E-state index is 12.0. The summed E-state index contributed by atoms with van der Waals surface area (Å²) in [5.74, 6) is 0.0637. The molecule has 2 unspecified atom stereocenters. The van der Waals surface area contributed by atoms with Crippen LogP contribution in [-0.2, 0) is 11.2 Å². The van der Waals surface area contributed by atoms with E-state index in [1.54, 1.807) is 28.2 Å². The van der Waals surface area contributed by atoms with Crippen molar-refractivity contribution in [1.82, 2.24) is 10.2 Å². The molecule has 0 fully saturated rings. The van der Waals surface area contributed by atoms with E-state index in [-0.39, 0.29) is 18.5 Å². The first-order chi connectivity index (χ1) is 11.8. The predicted molar refractivity (Wildman–Crippen MR) is 95.2 cm³/mol. The Hall–Kier alpha value is -2.44. The first-order valence-corrected chi connectivity index (χ1v) is 8.21. The van der Waals surface area contributed by atoms with Crippen LogP contribution in [0, 0.1) is 11.8 Å². The predicted octanol–water partition coefficient (Wildman–Crippen LogP) is 2.24. The molecule has 0 radical (unpaired) electrons. The van der Waals surface area contributed by atoms with Crippen LogP contribution in [0.2, 0.25) is 0 Å². The molecule has 1 aromatic rings. The normalized spacial score (nSPS) is 12.8. The Labute approximate surface area is 148 Å². The molecule has 0 saturated heterocycles. The number of carboxylic acid groups (broad SMARTS) is 1. The number of nitrogens with one attached hydrogen (secondary N) is 1. The van der Waals surface area contributed by atoms with E-state index in [9.17, 15) is 9.59 Å². The molecule has 0 bridgehead atoms. The first-order valence-electron chi connectivity index (χ1n) is 8.21. The second kappa shape index (κ2) is 9.76. The molecular weight excluding hydrogens is 324 g/mol. The van der Waals surface area contributed by atoms with Gasteiger partial charge in [-0.25, -0.2) is 4.79 Å². The molecule has 0 saturated carbocycles. The van der Waals surface area contributed by atoms with Crippen molar-refractivity contribution in [3.05, 3.63) is 23.8 Å². The molecule has 1 aromatic carbocycles. The van der Waals surface area contributed by atoms with Crippen molar-refractivity contribution in [2.75, 3.05) is 34.4 Å². The van der Waals surface area contributed by atoms with E-state index >= 15 is 0 Å². The maximum Gasteiger partial charge on any atom is 0.317 e. The zero-order chi connectivity index (χ0) is 19.0. The maximum absolute atomic E-state index is 12.0. The number of hydrogen-bond acceptors (Lipinski definition) is 4. The molecule has 25 heavy (non-hydrogen) atoms. The number of carbonyl (C=O) groups excluding carboxylic acids is 1. The van der Waals surface area contributed by atoms with Gasteiger partial charge in [-0.3, -0.25) is 4.79 Å². The summed E-state index contributed by atoms with van der Waals surface area (Å²) in [6.45, 7) is 4.28. The highest BCUT2D eigenvalue weighted by atomic mass is 16.5. The molecule has 0 aliphatic carbocycles. The molecule has 0 heterocycles. The molecule has 7 heteroatoms. The summed E-state index contributed by atoms with van der Waals surface area (Å²) in [5.41, 5.74) is 1.09. The molecule has 1 rings (SSSR count). The Bertz CT molecular complexity index is 591. The summed E-state index contributed by atoms with van der Waals surface area (Å²) in [6.07, 6.45) is 0.774. The van der Waals surface area contributed by atoms with Crippen molar-refractivity contribution in [2.24, 2.45) is 11.8 Å². The standard InChI is InChI=1S/C18H28N2O5/c1-12(8-14-6-7-15(24-4)16(9-14)25-5)10-19-18(23)20(3)11-13(2)17(21)22/h6-7,9,12-13H,8,10-11H2,1-5H3,(H,19,23)(H,21,22). The Morgan fingerprint density at radius 2 is 1.84 bits per heavy atom. The minimum absolute atomic E-state index is 0.172. The zero-order valence-corrected chi connectivity index (χ0v) is 15.5. The average Bonchev–Trinajstić information content (AvgIpc) is 2.59. The third kappa shape index (κ3) is 6.52. The number of methoxy groups -OCH3 is 2. The lowest BCUT2D eigenvalue weighted by atomic mass is 10.0. The van der Waals surface area contributed by atoms with Gasteiger partial charge in [0.1, 0.15) is 0 Å². The Morgan fingerprint density at radius 1 is 1.20 bits per heavy atom. The number of carbonyl (C=O) groups is 2. The Balaban J connectivity index is 2.50. The van der Waals surface area contributed by atoms with Crippen molar-refractivity contribution in [3.8, 4) is 11.5 Å². The fourth-order valence-corrected chi connectivity index (χ4v) is 2.45. The molecule has 0 spiro atoms. The van der Waals surface area contributed by atoms with E-state index in [0.29, 0.717) is 18.0 Å². The lowest BCUT2D eigenvalue weighted by Crippen LogP contribution is -2.42. The highest BCUT2D eigenvalue weighted by Crippen LogP contribution is 2.28. The van der Waals surface area contributed by atoms with Gasteiger partial charge in [0.15, 0.2) is 11.5 Å². The van der Waals surface area contributed by atoms with Crippen LogP contribution >= 0.6 is 0 Å². The molecule has 7 nitrogen and oxygen atoms in total. The molecule has 0 aliphatic heterocycles. The van der Waals surface area contributed by atoms with Gasteiger partial charge in [0, 0.05) is 20.1 Å². The van der Waals surface area contributed by atoms with Crippen LogP contribution < -0.4 is 14.8 Å². The molecule has 2 atom stereocenters. The topological polar surface area (TPSA) is 88.1 Å². The van der Waals surface area contributed by atoms with Gasteiger partial charge in [-0.15, -0.1) is 0 Å². The van der Waals surface area contributed by atoms with Crippen molar-refractivity contribution in [3.63, 3.8) is 0 Å². The number of amides is 2. The second-order valence-corrected chi connectivity index (χ2v) is 6.30. The fraction of sp³-hybridized carbons (Fsp3) is 0.556. The van der Waals surface area contributed by atoms with Gasteiger partial charge in [-0.05, 0) is 30.0 Å². The average molecular weight is 352 g/mol. The number of benzene rings is 1.